The maximum absolute atomic E-state index is 13.2. The maximum Gasteiger partial charge on any atom is 0.228 e. The molecule has 19 heavy (non-hydrogen) atoms. The molecular formula is C15H21FN2O. The molecule has 0 aliphatic carbocycles. The number of amides is 1. The molecule has 1 aromatic carbocycles. The van der Waals surface area contributed by atoms with Gasteiger partial charge >= 0.3 is 0 Å². The molecule has 0 radical (unpaired) electrons. The van der Waals surface area contributed by atoms with Crippen molar-refractivity contribution in [3.8, 4) is 0 Å². The lowest BCUT2D eigenvalue weighted by Crippen LogP contribution is -2.43. The fourth-order valence-electron chi connectivity index (χ4n) is 2.54. The molecule has 0 bridgehead atoms. The SMILES string of the molecule is CC1CCCNC1CC(=O)N(C)c1cccc(F)c1. The minimum atomic E-state index is -0.318. The van der Waals surface area contributed by atoms with Gasteiger partial charge in [0, 0.05) is 25.2 Å². The number of carbonyl (C=O) groups is 1. The average Bonchev–Trinajstić information content (AvgIpc) is 2.40. The third kappa shape index (κ3) is 3.53. The van der Waals surface area contributed by atoms with Gasteiger partial charge in [-0.15, -0.1) is 0 Å². The summed E-state index contributed by atoms with van der Waals surface area (Å²) in [5.41, 5.74) is 0.605. The Bertz CT molecular complexity index is 450. The summed E-state index contributed by atoms with van der Waals surface area (Å²) in [4.78, 5) is 13.8. The lowest BCUT2D eigenvalue weighted by molar-refractivity contribution is -0.119. The van der Waals surface area contributed by atoms with Crippen molar-refractivity contribution in [2.24, 2.45) is 5.92 Å². The summed E-state index contributed by atoms with van der Waals surface area (Å²) in [5.74, 6) is 0.219. The molecule has 2 unspecified atom stereocenters. The molecule has 1 aromatic rings. The first kappa shape index (κ1) is 14.0. The average molecular weight is 264 g/mol. The van der Waals surface area contributed by atoms with E-state index in [-0.39, 0.29) is 17.8 Å². The first-order valence-corrected chi connectivity index (χ1v) is 6.83. The zero-order valence-electron chi connectivity index (χ0n) is 11.5. The van der Waals surface area contributed by atoms with Gasteiger partial charge in [0.2, 0.25) is 5.91 Å². The molecule has 0 spiro atoms. The highest BCUT2D eigenvalue weighted by Gasteiger charge is 2.24. The van der Waals surface area contributed by atoms with Gasteiger partial charge in [0.25, 0.3) is 0 Å². The predicted octanol–water partition coefficient (Wildman–Crippen LogP) is 2.57. The molecule has 1 N–H and O–H groups in total. The van der Waals surface area contributed by atoms with Gasteiger partial charge in [0.15, 0.2) is 0 Å². The summed E-state index contributed by atoms with van der Waals surface area (Å²) in [6.45, 7) is 3.15. The number of benzene rings is 1. The van der Waals surface area contributed by atoms with E-state index in [0.717, 1.165) is 13.0 Å². The van der Waals surface area contributed by atoms with Crippen LogP contribution in [-0.4, -0.2) is 25.5 Å². The van der Waals surface area contributed by atoms with E-state index in [1.54, 1.807) is 19.2 Å². The Kier molecular flexibility index (Phi) is 4.53. The molecule has 1 aliphatic heterocycles. The van der Waals surface area contributed by atoms with Gasteiger partial charge in [-0.25, -0.2) is 4.39 Å². The number of hydrogen-bond acceptors (Lipinski definition) is 2. The molecular weight excluding hydrogens is 243 g/mol. The largest absolute Gasteiger partial charge is 0.315 e. The Morgan fingerprint density at radius 2 is 2.32 bits per heavy atom. The molecule has 2 rings (SSSR count). The van der Waals surface area contributed by atoms with E-state index in [2.05, 4.69) is 12.2 Å². The molecule has 4 heteroatoms. The van der Waals surface area contributed by atoms with E-state index in [1.807, 2.05) is 0 Å². The van der Waals surface area contributed by atoms with E-state index < -0.39 is 0 Å². The molecule has 0 aromatic heterocycles. The first-order chi connectivity index (χ1) is 9.08. The van der Waals surface area contributed by atoms with Crippen LogP contribution < -0.4 is 10.2 Å². The summed E-state index contributed by atoms with van der Waals surface area (Å²) in [7, 11) is 1.70. The molecule has 3 nitrogen and oxygen atoms in total. The molecule has 1 fully saturated rings. The number of anilines is 1. The highest BCUT2D eigenvalue weighted by atomic mass is 19.1. The number of nitrogens with zero attached hydrogens (tertiary/aromatic N) is 1. The second-order valence-electron chi connectivity index (χ2n) is 5.32. The minimum absolute atomic E-state index is 0.0249. The molecule has 1 amide bonds. The van der Waals surface area contributed by atoms with Crippen LogP contribution in [0.2, 0.25) is 0 Å². The summed E-state index contributed by atoms with van der Waals surface area (Å²) < 4.78 is 13.2. The number of nitrogens with one attached hydrogen (secondary N) is 1. The van der Waals surface area contributed by atoms with Crippen LogP contribution in [0.5, 0.6) is 0 Å². The summed E-state index contributed by atoms with van der Waals surface area (Å²) in [5, 5.41) is 3.40. The van der Waals surface area contributed by atoms with Crippen LogP contribution in [0.4, 0.5) is 10.1 Å². The van der Waals surface area contributed by atoms with Gasteiger partial charge in [-0.1, -0.05) is 13.0 Å². The van der Waals surface area contributed by atoms with Gasteiger partial charge < -0.3 is 10.2 Å². The van der Waals surface area contributed by atoms with Crippen molar-refractivity contribution in [2.75, 3.05) is 18.5 Å². The fraction of sp³-hybridized carbons (Fsp3) is 0.533. The van der Waals surface area contributed by atoms with Gasteiger partial charge in [0.05, 0.1) is 0 Å². The number of piperidine rings is 1. The van der Waals surface area contributed by atoms with Gasteiger partial charge in [-0.3, -0.25) is 4.79 Å². The second-order valence-corrected chi connectivity index (χ2v) is 5.32. The van der Waals surface area contributed by atoms with Crippen molar-refractivity contribution in [3.05, 3.63) is 30.1 Å². The second kappa shape index (κ2) is 6.15. The topological polar surface area (TPSA) is 32.3 Å². The van der Waals surface area contributed by atoms with Crippen LogP contribution in [-0.2, 0) is 4.79 Å². The predicted molar refractivity (Wildman–Crippen MR) is 74.6 cm³/mol. The van der Waals surface area contributed by atoms with Gasteiger partial charge in [-0.05, 0) is 43.5 Å². The van der Waals surface area contributed by atoms with E-state index in [9.17, 15) is 9.18 Å². The van der Waals surface area contributed by atoms with E-state index >= 15 is 0 Å². The molecule has 1 aliphatic rings. The number of rotatable bonds is 3. The standard InChI is InChI=1S/C15H21FN2O/c1-11-5-4-8-17-14(11)10-15(19)18(2)13-7-3-6-12(16)9-13/h3,6-7,9,11,14,17H,4-5,8,10H2,1-2H3. The van der Waals surface area contributed by atoms with Gasteiger partial charge in [-0.2, -0.15) is 0 Å². The zero-order valence-corrected chi connectivity index (χ0v) is 11.5. The number of carbonyl (C=O) groups excluding carboxylic acids is 1. The highest BCUT2D eigenvalue weighted by Crippen LogP contribution is 2.20. The summed E-state index contributed by atoms with van der Waals surface area (Å²) >= 11 is 0. The third-order valence-corrected chi connectivity index (χ3v) is 3.89. The quantitative estimate of drug-likeness (QED) is 0.910. The van der Waals surface area contributed by atoms with Crippen LogP contribution in [0.25, 0.3) is 0 Å². The van der Waals surface area contributed by atoms with E-state index in [0.29, 0.717) is 18.0 Å². The van der Waals surface area contributed by atoms with Crippen molar-refractivity contribution >= 4 is 11.6 Å². The van der Waals surface area contributed by atoms with Crippen molar-refractivity contribution in [1.29, 1.82) is 0 Å². The van der Waals surface area contributed by atoms with E-state index in [1.165, 1.54) is 23.5 Å². The van der Waals surface area contributed by atoms with Gasteiger partial charge in [0.1, 0.15) is 5.82 Å². The van der Waals surface area contributed by atoms with Crippen LogP contribution in [0.15, 0.2) is 24.3 Å². The molecule has 0 saturated carbocycles. The van der Waals surface area contributed by atoms with Crippen LogP contribution in [0.3, 0.4) is 0 Å². The normalized spacial score (nSPS) is 23.1. The monoisotopic (exact) mass is 264 g/mol. The summed E-state index contributed by atoms with van der Waals surface area (Å²) in [6, 6.07) is 6.37. The zero-order chi connectivity index (χ0) is 13.8. The van der Waals surface area contributed by atoms with Crippen molar-refractivity contribution < 1.29 is 9.18 Å². The van der Waals surface area contributed by atoms with E-state index in [4.69, 9.17) is 0 Å². The Balaban J connectivity index is 1.99. The Hall–Kier alpha value is -1.42. The lowest BCUT2D eigenvalue weighted by Gasteiger charge is -2.31. The third-order valence-electron chi connectivity index (χ3n) is 3.89. The maximum atomic E-state index is 13.2. The molecule has 1 heterocycles. The molecule has 104 valence electrons. The van der Waals surface area contributed by atoms with Crippen LogP contribution in [0, 0.1) is 11.7 Å². The highest BCUT2D eigenvalue weighted by molar-refractivity contribution is 5.93. The smallest absolute Gasteiger partial charge is 0.228 e. The number of halogens is 1. The minimum Gasteiger partial charge on any atom is -0.315 e. The van der Waals surface area contributed by atoms with Crippen molar-refractivity contribution in [2.45, 2.75) is 32.2 Å². The Morgan fingerprint density at radius 1 is 1.53 bits per heavy atom. The molecule has 2 atom stereocenters. The van der Waals surface area contributed by atoms with Crippen LogP contribution >= 0.6 is 0 Å². The fourth-order valence-corrected chi connectivity index (χ4v) is 2.54. The Morgan fingerprint density at radius 3 is 3.00 bits per heavy atom. The first-order valence-electron chi connectivity index (χ1n) is 6.83. The number of hydrogen-bond donors (Lipinski definition) is 1. The Labute approximate surface area is 113 Å². The van der Waals surface area contributed by atoms with Crippen molar-refractivity contribution in [3.63, 3.8) is 0 Å². The van der Waals surface area contributed by atoms with Crippen LogP contribution in [0.1, 0.15) is 26.2 Å². The summed E-state index contributed by atoms with van der Waals surface area (Å²) in [6.07, 6.45) is 2.80. The van der Waals surface area contributed by atoms with Crippen molar-refractivity contribution in [1.82, 2.24) is 5.32 Å². The lowest BCUT2D eigenvalue weighted by atomic mass is 9.90. The molecule has 1 saturated heterocycles.